The largest absolute Gasteiger partial charge is 0.341 e. The molecule has 2 heterocycles. The van der Waals surface area contributed by atoms with Crippen LogP contribution in [0.4, 0.5) is 0 Å². The Kier molecular flexibility index (Phi) is 6.98. The first-order chi connectivity index (χ1) is 14.7. The Balaban J connectivity index is 1.67. The zero-order valence-electron chi connectivity index (χ0n) is 19.9. The first-order valence-electron chi connectivity index (χ1n) is 11.1. The average molecular weight is 422 g/mol. The van der Waals surface area contributed by atoms with Crippen LogP contribution in [0.1, 0.15) is 54.2 Å². The number of nitrogens with zero attached hydrogens (tertiary/aromatic N) is 5. The lowest BCUT2D eigenvalue weighted by molar-refractivity contribution is -0.130. The average Bonchev–Trinajstić information content (AvgIpc) is 3.15. The molecule has 0 saturated heterocycles. The van der Waals surface area contributed by atoms with Crippen molar-refractivity contribution < 1.29 is 4.79 Å². The minimum Gasteiger partial charge on any atom is -0.341 e. The van der Waals surface area contributed by atoms with Crippen LogP contribution in [0.2, 0.25) is 0 Å². The van der Waals surface area contributed by atoms with Crippen LogP contribution in [-0.4, -0.2) is 37.4 Å². The van der Waals surface area contributed by atoms with E-state index in [0.717, 1.165) is 41.3 Å². The van der Waals surface area contributed by atoms with Crippen molar-refractivity contribution >= 4 is 5.91 Å². The molecule has 0 atom stereocenters. The highest BCUT2D eigenvalue weighted by Gasteiger charge is 2.19. The fraction of sp³-hybridized carbons (Fsp3) is 0.480. The number of para-hydroxylation sites is 1. The van der Waals surface area contributed by atoms with Gasteiger partial charge in [0.25, 0.3) is 0 Å². The molecule has 0 bridgehead atoms. The molecule has 0 radical (unpaired) electrons. The van der Waals surface area contributed by atoms with Crippen molar-refractivity contribution in [2.24, 2.45) is 5.92 Å². The van der Waals surface area contributed by atoms with E-state index in [4.69, 9.17) is 5.10 Å². The zero-order chi connectivity index (χ0) is 22.7. The second-order valence-corrected chi connectivity index (χ2v) is 8.87. The maximum Gasteiger partial charge on any atom is 0.222 e. The van der Waals surface area contributed by atoms with Crippen LogP contribution in [0.5, 0.6) is 0 Å². The number of amides is 1. The highest BCUT2D eigenvalue weighted by Crippen LogP contribution is 2.21. The third-order valence-corrected chi connectivity index (χ3v) is 5.92. The van der Waals surface area contributed by atoms with E-state index < -0.39 is 0 Å². The molecule has 0 fully saturated rings. The van der Waals surface area contributed by atoms with Gasteiger partial charge in [-0.3, -0.25) is 9.48 Å². The van der Waals surface area contributed by atoms with E-state index in [1.807, 2.05) is 60.8 Å². The minimum atomic E-state index is 0.140. The van der Waals surface area contributed by atoms with Crippen molar-refractivity contribution in [3.05, 3.63) is 64.2 Å². The summed E-state index contributed by atoms with van der Waals surface area (Å²) < 4.78 is 4.03. The number of hydrogen-bond donors (Lipinski definition) is 0. The first-order valence-corrected chi connectivity index (χ1v) is 11.1. The lowest BCUT2D eigenvalue weighted by atomic mass is 10.1. The van der Waals surface area contributed by atoms with Gasteiger partial charge in [0.1, 0.15) is 0 Å². The molecule has 0 aliphatic rings. The van der Waals surface area contributed by atoms with Crippen molar-refractivity contribution in [2.75, 3.05) is 7.05 Å². The summed E-state index contributed by atoms with van der Waals surface area (Å²) in [5.41, 5.74) is 7.59. The Morgan fingerprint density at radius 2 is 1.61 bits per heavy atom. The van der Waals surface area contributed by atoms with Crippen LogP contribution in [0.15, 0.2) is 30.3 Å². The van der Waals surface area contributed by atoms with Gasteiger partial charge in [0.2, 0.25) is 5.91 Å². The van der Waals surface area contributed by atoms with Gasteiger partial charge < -0.3 is 4.90 Å². The van der Waals surface area contributed by atoms with E-state index in [2.05, 4.69) is 37.5 Å². The fourth-order valence-corrected chi connectivity index (χ4v) is 4.09. The van der Waals surface area contributed by atoms with Gasteiger partial charge >= 0.3 is 0 Å². The normalized spacial score (nSPS) is 11.4. The molecule has 0 saturated carbocycles. The number of rotatable bonds is 8. The standard InChI is InChI=1S/C25H35N5O/c1-17(2)15-29-20(5)23(18(3)26-29)13-14-25(31)28(7)16-24-19(4)27-30(21(24)6)22-11-9-8-10-12-22/h8-12,17H,13-16H2,1-7H3. The predicted molar refractivity (Wildman–Crippen MR) is 124 cm³/mol. The maximum absolute atomic E-state index is 12.9. The molecule has 6 nitrogen and oxygen atoms in total. The van der Waals surface area contributed by atoms with E-state index in [1.54, 1.807) is 0 Å². The molecule has 166 valence electrons. The fourth-order valence-electron chi connectivity index (χ4n) is 4.09. The summed E-state index contributed by atoms with van der Waals surface area (Å²) in [5, 5.41) is 9.38. The van der Waals surface area contributed by atoms with Crippen LogP contribution in [0.25, 0.3) is 5.69 Å². The highest BCUT2D eigenvalue weighted by molar-refractivity contribution is 5.76. The monoisotopic (exact) mass is 421 g/mol. The molecule has 0 aliphatic carbocycles. The van der Waals surface area contributed by atoms with Crippen LogP contribution in [-0.2, 0) is 24.3 Å². The number of aryl methyl sites for hydroxylation is 2. The molecule has 1 amide bonds. The van der Waals surface area contributed by atoms with E-state index >= 15 is 0 Å². The van der Waals surface area contributed by atoms with Gasteiger partial charge in [-0.05, 0) is 57.7 Å². The number of benzene rings is 1. The summed E-state index contributed by atoms with van der Waals surface area (Å²) >= 11 is 0. The molecule has 3 rings (SSSR count). The van der Waals surface area contributed by atoms with Crippen molar-refractivity contribution in [1.82, 2.24) is 24.5 Å². The molecule has 0 spiro atoms. The lowest BCUT2D eigenvalue weighted by Gasteiger charge is -2.18. The molecule has 31 heavy (non-hydrogen) atoms. The zero-order valence-corrected chi connectivity index (χ0v) is 19.9. The van der Waals surface area contributed by atoms with Crippen LogP contribution >= 0.6 is 0 Å². The molecule has 2 aromatic heterocycles. The number of carbonyl (C=O) groups excluding carboxylic acids is 1. The summed E-state index contributed by atoms with van der Waals surface area (Å²) in [6.07, 6.45) is 1.21. The van der Waals surface area contributed by atoms with Gasteiger partial charge in [-0.15, -0.1) is 0 Å². The van der Waals surface area contributed by atoms with Crippen LogP contribution in [0, 0.1) is 33.6 Å². The van der Waals surface area contributed by atoms with Crippen molar-refractivity contribution in [2.45, 2.75) is 67.5 Å². The summed E-state index contributed by atoms with van der Waals surface area (Å²) in [6.45, 7) is 14.1. The SMILES string of the molecule is Cc1nn(CC(C)C)c(C)c1CCC(=O)N(C)Cc1c(C)nn(-c2ccccc2)c1C. The summed E-state index contributed by atoms with van der Waals surface area (Å²) in [5.74, 6) is 0.684. The van der Waals surface area contributed by atoms with E-state index in [0.29, 0.717) is 18.9 Å². The van der Waals surface area contributed by atoms with Gasteiger partial charge in [0.15, 0.2) is 0 Å². The van der Waals surface area contributed by atoms with Crippen LogP contribution < -0.4 is 0 Å². The molecule has 0 aliphatic heterocycles. The molecule has 0 N–H and O–H groups in total. The predicted octanol–water partition coefficient (Wildman–Crippen LogP) is 4.55. The van der Waals surface area contributed by atoms with Gasteiger partial charge in [-0.25, -0.2) is 4.68 Å². The summed E-state index contributed by atoms with van der Waals surface area (Å²) in [4.78, 5) is 14.7. The third kappa shape index (κ3) is 5.06. The number of carbonyl (C=O) groups is 1. The second-order valence-electron chi connectivity index (χ2n) is 8.87. The third-order valence-electron chi connectivity index (χ3n) is 5.92. The number of aromatic nitrogens is 4. The topological polar surface area (TPSA) is 56.0 Å². The van der Waals surface area contributed by atoms with Gasteiger partial charge in [-0.1, -0.05) is 32.0 Å². The molecule has 6 heteroatoms. The van der Waals surface area contributed by atoms with Crippen molar-refractivity contribution in [1.29, 1.82) is 0 Å². The van der Waals surface area contributed by atoms with E-state index in [9.17, 15) is 4.79 Å². The Bertz CT molecular complexity index is 1050. The number of hydrogen-bond acceptors (Lipinski definition) is 3. The second kappa shape index (κ2) is 9.50. The summed E-state index contributed by atoms with van der Waals surface area (Å²) in [7, 11) is 1.88. The highest BCUT2D eigenvalue weighted by atomic mass is 16.2. The van der Waals surface area contributed by atoms with Crippen LogP contribution in [0.3, 0.4) is 0 Å². The molecular formula is C25H35N5O. The van der Waals surface area contributed by atoms with Crippen molar-refractivity contribution in [3.8, 4) is 5.69 Å². The van der Waals surface area contributed by atoms with Gasteiger partial charge in [-0.2, -0.15) is 10.2 Å². The van der Waals surface area contributed by atoms with E-state index in [-0.39, 0.29) is 5.91 Å². The molecular weight excluding hydrogens is 386 g/mol. The van der Waals surface area contributed by atoms with E-state index in [1.165, 1.54) is 11.3 Å². The first kappa shape index (κ1) is 22.8. The van der Waals surface area contributed by atoms with Gasteiger partial charge in [0.05, 0.1) is 17.1 Å². The minimum absolute atomic E-state index is 0.140. The molecule has 1 aromatic carbocycles. The molecule has 0 unspecified atom stereocenters. The summed E-state index contributed by atoms with van der Waals surface area (Å²) in [6, 6.07) is 10.1. The smallest absolute Gasteiger partial charge is 0.222 e. The maximum atomic E-state index is 12.9. The Hall–Kier alpha value is -2.89. The quantitative estimate of drug-likeness (QED) is 0.536. The Labute approximate surface area is 185 Å². The Morgan fingerprint density at radius 1 is 0.968 bits per heavy atom. The molecule has 3 aromatic rings. The van der Waals surface area contributed by atoms with Gasteiger partial charge in [0, 0.05) is 43.5 Å². The Morgan fingerprint density at radius 3 is 2.26 bits per heavy atom. The van der Waals surface area contributed by atoms with Crippen molar-refractivity contribution in [3.63, 3.8) is 0 Å². The lowest BCUT2D eigenvalue weighted by Crippen LogP contribution is -2.27.